The highest BCUT2D eigenvalue weighted by molar-refractivity contribution is 6.22. The van der Waals surface area contributed by atoms with Crippen LogP contribution in [0.4, 0.5) is 14.5 Å². The molecule has 1 aromatic carbocycles. The number of carbonyl (C=O) groups excluding carboxylic acids is 3. The molecule has 130 valence electrons. The molecule has 3 aliphatic rings. The van der Waals surface area contributed by atoms with Gasteiger partial charge >= 0.3 is 0 Å². The van der Waals surface area contributed by atoms with E-state index in [1.54, 1.807) is 0 Å². The van der Waals surface area contributed by atoms with Crippen LogP contribution in [0.2, 0.25) is 0 Å². The van der Waals surface area contributed by atoms with Crippen LogP contribution < -0.4 is 4.90 Å². The molecule has 0 unspecified atom stereocenters. The second-order valence-electron chi connectivity index (χ2n) is 6.75. The number of fused-ring (bicyclic) bond motifs is 3. The first-order valence-corrected chi connectivity index (χ1v) is 8.13. The standard InChI is InChI=1S/C18H15F2NO4/c19-8-1-4-12(11(20)7-8)21-17(24)10-3-2-9-13(22)5-6-14(23)15(9)16(10)18(21)25/h1,4-7,9-10,14-16,23H,2-3H2/t9-,10+,14+,15+,16+/m0/s1. The maximum Gasteiger partial charge on any atom is 0.238 e. The van der Waals surface area contributed by atoms with E-state index >= 15 is 0 Å². The van der Waals surface area contributed by atoms with E-state index in [4.69, 9.17) is 0 Å². The third kappa shape index (κ3) is 2.26. The first-order chi connectivity index (χ1) is 11.9. The lowest BCUT2D eigenvalue weighted by atomic mass is 9.62. The van der Waals surface area contributed by atoms with Crippen LogP contribution in [0.1, 0.15) is 12.8 Å². The van der Waals surface area contributed by atoms with Crippen molar-refractivity contribution in [3.05, 3.63) is 42.0 Å². The zero-order chi connectivity index (χ0) is 17.9. The van der Waals surface area contributed by atoms with Crippen molar-refractivity contribution in [1.82, 2.24) is 0 Å². The van der Waals surface area contributed by atoms with E-state index in [-0.39, 0.29) is 11.5 Å². The molecule has 1 aromatic rings. The number of halogens is 2. The SMILES string of the molecule is O=C1C=C[C@@H](O)[C@@H]2[C@@H]3C(=O)N(c4ccc(F)cc4F)C(=O)[C@@H]3CC[C@@H]12. The van der Waals surface area contributed by atoms with Crippen molar-refractivity contribution in [3.8, 4) is 0 Å². The summed E-state index contributed by atoms with van der Waals surface area (Å²) in [5.41, 5.74) is -0.297. The van der Waals surface area contributed by atoms with Crippen LogP contribution in [0, 0.1) is 35.3 Å². The Morgan fingerprint density at radius 3 is 2.48 bits per heavy atom. The zero-order valence-electron chi connectivity index (χ0n) is 13.1. The summed E-state index contributed by atoms with van der Waals surface area (Å²) in [6, 6.07) is 2.64. The number of carbonyl (C=O) groups is 3. The van der Waals surface area contributed by atoms with Gasteiger partial charge in [0, 0.05) is 17.9 Å². The first kappa shape index (κ1) is 16.1. The minimum Gasteiger partial charge on any atom is -0.389 e. The number of imide groups is 1. The average molecular weight is 347 g/mol. The molecule has 0 spiro atoms. The quantitative estimate of drug-likeness (QED) is 0.783. The van der Waals surface area contributed by atoms with E-state index in [1.807, 2.05) is 0 Å². The third-order valence-corrected chi connectivity index (χ3v) is 5.51. The van der Waals surface area contributed by atoms with Gasteiger partial charge in [0.05, 0.1) is 23.6 Å². The largest absolute Gasteiger partial charge is 0.389 e. The maximum atomic E-state index is 14.1. The molecule has 2 aliphatic carbocycles. The van der Waals surface area contributed by atoms with Gasteiger partial charge in [-0.05, 0) is 31.1 Å². The fraction of sp³-hybridized carbons (Fsp3) is 0.389. The van der Waals surface area contributed by atoms with E-state index in [0.29, 0.717) is 18.9 Å². The minimum absolute atomic E-state index is 0.166. The number of rotatable bonds is 1. The fourth-order valence-electron chi connectivity index (χ4n) is 4.41. The van der Waals surface area contributed by atoms with Crippen LogP contribution in [0.15, 0.2) is 30.4 Å². The van der Waals surface area contributed by atoms with Crippen LogP contribution in [0.5, 0.6) is 0 Å². The van der Waals surface area contributed by atoms with Crippen LogP contribution >= 0.6 is 0 Å². The van der Waals surface area contributed by atoms with Gasteiger partial charge in [0.15, 0.2) is 5.78 Å². The van der Waals surface area contributed by atoms with E-state index in [2.05, 4.69) is 0 Å². The van der Waals surface area contributed by atoms with E-state index in [9.17, 15) is 28.3 Å². The van der Waals surface area contributed by atoms with Crippen LogP contribution in [0.25, 0.3) is 0 Å². The summed E-state index contributed by atoms with van der Waals surface area (Å²) in [5.74, 6) is -5.97. The van der Waals surface area contributed by atoms with Gasteiger partial charge < -0.3 is 5.11 Å². The summed E-state index contributed by atoms with van der Waals surface area (Å²) in [7, 11) is 0. The molecule has 1 heterocycles. The normalized spacial score (nSPS) is 34.3. The zero-order valence-corrected chi connectivity index (χ0v) is 13.1. The second-order valence-corrected chi connectivity index (χ2v) is 6.75. The predicted molar refractivity (Wildman–Crippen MR) is 82.2 cm³/mol. The van der Waals surface area contributed by atoms with Gasteiger partial charge in [0.2, 0.25) is 11.8 Å². The molecular formula is C18H15F2NO4. The van der Waals surface area contributed by atoms with E-state index in [0.717, 1.165) is 17.0 Å². The number of nitrogens with zero attached hydrogens (tertiary/aromatic N) is 1. The molecule has 5 nitrogen and oxygen atoms in total. The second kappa shape index (κ2) is 5.56. The first-order valence-electron chi connectivity index (χ1n) is 8.13. The molecule has 25 heavy (non-hydrogen) atoms. The van der Waals surface area contributed by atoms with Crippen LogP contribution in [-0.2, 0) is 14.4 Å². The molecule has 2 fully saturated rings. The minimum atomic E-state index is -1.01. The van der Waals surface area contributed by atoms with Crippen molar-refractivity contribution in [3.63, 3.8) is 0 Å². The van der Waals surface area contributed by atoms with E-state index < -0.39 is 53.2 Å². The summed E-state index contributed by atoms with van der Waals surface area (Å²) >= 11 is 0. The molecular weight excluding hydrogens is 332 g/mol. The number of anilines is 1. The molecule has 5 atom stereocenters. The molecule has 7 heteroatoms. The number of amides is 2. The van der Waals surface area contributed by atoms with E-state index in [1.165, 1.54) is 12.2 Å². The summed E-state index contributed by atoms with van der Waals surface area (Å²) in [6.07, 6.45) is 2.35. The van der Waals surface area contributed by atoms with Gasteiger partial charge in [-0.25, -0.2) is 13.7 Å². The van der Waals surface area contributed by atoms with Crippen molar-refractivity contribution >= 4 is 23.3 Å². The molecule has 0 radical (unpaired) electrons. The van der Waals surface area contributed by atoms with Crippen LogP contribution in [0.3, 0.4) is 0 Å². The molecule has 1 aliphatic heterocycles. The van der Waals surface area contributed by atoms with Crippen molar-refractivity contribution in [2.24, 2.45) is 23.7 Å². The van der Waals surface area contributed by atoms with Gasteiger partial charge in [0.25, 0.3) is 0 Å². The molecule has 4 rings (SSSR count). The number of allylic oxidation sites excluding steroid dienone is 1. The number of ketones is 1. The average Bonchev–Trinajstić information content (AvgIpc) is 2.83. The molecule has 1 saturated carbocycles. The van der Waals surface area contributed by atoms with Gasteiger partial charge in [-0.15, -0.1) is 0 Å². The van der Waals surface area contributed by atoms with Gasteiger partial charge in [0.1, 0.15) is 11.6 Å². The molecule has 1 saturated heterocycles. The highest BCUT2D eigenvalue weighted by Gasteiger charge is 2.58. The summed E-state index contributed by atoms with van der Waals surface area (Å²) in [4.78, 5) is 38.4. The number of aliphatic hydroxyl groups excluding tert-OH is 1. The van der Waals surface area contributed by atoms with Gasteiger partial charge in [-0.2, -0.15) is 0 Å². The Morgan fingerprint density at radius 1 is 1.04 bits per heavy atom. The Hall–Kier alpha value is -2.41. The smallest absolute Gasteiger partial charge is 0.238 e. The highest BCUT2D eigenvalue weighted by atomic mass is 19.1. The molecule has 0 bridgehead atoms. The number of benzene rings is 1. The predicted octanol–water partition coefficient (Wildman–Crippen LogP) is 1.60. The van der Waals surface area contributed by atoms with Gasteiger partial charge in [-0.1, -0.05) is 6.08 Å². The van der Waals surface area contributed by atoms with Gasteiger partial charge in [-0.3, -0.25) is 14.4 Å². The Morgan fingerprint density at radius 2 is 1.76 bits per heavy atom. The highest BCUT2D eigenvalue weighted by Crippen LogP contribution is 2.49. The fourth-order valence-corrected chi connectivity index (χ4v) is 4.41. The Labute approximate surface area is 141 Å². The third-order valence-electron chi connectivity index (χ3n) is 5.51. The van der Waals surface area contributed by atoms with Crippen LogP contribution in [-0.4, -0.2) is 28.8 Å². The summed E-state index contributed by atoms with van der Waals surface area (Å²) < 4.78 is 27.2. The topological polar surface area (TPSA) is 74.7 Å². The Balaban J connectivity index is 1.76. The lowest BCUT2D eigenvalue weighted by molar-refractivity contribution is -0.135. The van der Waals surface area contributed by atoms with Crippen molar-refractivity contribution < 1.29 is 28.3 Å². The number of hydrogen-bond donors (Lipinski definition) is 1. The van der Waals surface area contributed by atoms with Crippen molar-refractivity contribution in [1.29, 1.82) is 0 Å². The monoisotopic (exact) mass is 347 g/mol. The number of aliphatic hydroxyl groups is 1. The molecule has 0 aromatic heterocycles. The Bertz CT molecular complexity index is 821. The van der Waals surface area contributed by atoms with Crippen molar-refractivity contribution in [2.45, 2.75) is 18.9 Å². The molecule has 2 amide bonds. The Kier molecular flexibility index (Phi) is 3.57. The maximum absolute atomic E-state index is 14.1. The summed E-state index contributed by atoms with van der Waals surface area (Å²) in [5, 5.41) is 10.3. The number of hydrogen-bond acceptors (Lipinski definition) is 4. The summed E-state index contributed by atoms with van der Waals surface area (Å²) in [6.45, 7) is 0. The lowest BCUT2D eigenvalue weighted by Gasteiger charge is -2.40. The lowest BCUT2D eigenvalue weighted by Crippen LogP contribution is -2.47. The van der Waals surface area contributed by atoms with Crippen molar-refractivity contribution in [2.75, 3.05) is 4.90 Å². The molecule has 1 N–H and O–H groups in total.